The van der Waals surface area contributed by atoms with Gasteiger partial charge in [-0.2, -0.15) is 4.68 Å². The fourth-order valence-electron chi connectivity index (χ4n) is 2.12. The molecule has 0 aliphatic heterocycles. The lowest BCUT2D eigenvalue weighted by atomic mass is 10.1. The van der Waals surface area contributed by atoms with Crippen LogP contribution in [-0.2, 0) is 9.59 Å². The summed E-state index contributed by atoms with van der Waals surface area (Å²) in [5.74, 6) is -1.71. The second-order valence-electron chi connectivity index (χ2n) is 4.77. The van der Waals surface area contributed by atoms with Gasteiger partial charge >= 0.3 is 5.97 Å². The fraction of sp³-hybridized carbons (Fsp3) is 0.357. The quantitative estimate of drug-likeness (QED) is 0.795. The first-order valence-electron chi connectivity index (χ1n) is 6.88. The van der Waals surface area contributed by atoms with Gasteiger partial charge in [-0.3, -0.25) is 14.4 Å². The molecule has 1 aromatic carbocycles. The highest BCUT2D eigenvalue weighted by Gasteiger charge is 2.23. The molecule has 2 aromatic rings. The Labute approximate surface area is 125 Å². The van der Waals surface area contributed by atoms with Crippen molar-refractivity contribution in [1.29, 1.82) is 0 Å². The van der Waals surface area contributed by atoms with Gasteiger partial charge in [-0.15, -0.1) is 5.10 Å². The van der Waals surface area contributed by atoms with Crippen molar-refractivity contribution in [3.63, 3.8) is 0 Å². The minimum atomic E-state index is -1.15. The van der Waals surface area contributed by atoms with Crippen molar-refractivity contribution in [3.8, 4) is 0 Å². The molecule has 1 atom stereocenters. The number of carbonyl (C=O) groups excluding carboxylic acids is 1. The van der Waals surface area contributed by atoms with Crippen LogP contribution in [0.2, 0.25) is 0 Å². The monoisotopic (exact) mass is 304 g/mol. The van der Waals surface area contributed by atoms with Gasteiger partial charge in [-0.1, -0.05) is 30.7 Å². The number of nitrogens with one attached hydrogen (secondary N) is 1. The number of hydrogen-bond acceptors (Lipinski definition) is 5. The number of aromatic nitrogens is 3. The predicted octanol–water partition coefficient (Wildman–Crippen LogP) is 0.333. The zero-order valence-corrected chi connectivity index (χ0v) is 12.0. The van der Waals surface area contributed by atoms with E-state index in [4.69, 9.17) is 5.11 Å². The smallest absolute Gasteiger partial charge is 0.322 e. The van der Waals surface area contributed by atoms with Gasteiger partial charge in [-0.25, -0.2) is 0 Å². The molecule has 1 aromatic heterocycles. The van der Waals surface area contributed by atoms with Gasteiger partial charge in [0.05, 0.1) is 5.39 Å². The Hall–Kier alpha value is -2.77. The van der Waals surface area contributed by atoms with Crippen LogP contribution in [0.1, 0.15) is 25.8 Å². The van der Waals surface area contributed by atoms with E-state index in [1.165, 1.54) is 0 Å². The highest BCUT2D eigenvalue weighted by molar-refractivity contribution is 5.84. The van der Waals surface area contributed by atoms with Crippen molar-refractivity contribution in [2.45, 2.75) is 25.8 Å². The molecule has 0 fully saturated rings. The molecular formula is C14H16N4O4. The van der Waals surface area contributed by atoms with E-state index in [0.29, 0.717) is 23.7 Å². The van der Waals surface area contributed by atoms with Gasteiger partial charge in [0, 0.05) is 0 Å². The minimum absolute atomic E-state index is 0.360. The van der Waals surface area contributed by atoms with Crippen molar-refractivity contribution in [2.24, 2.45) is 0 Å². The normalized spacial score (nSPS) is 12.0. The van der Waals surface area contributed by atoms with Gasteiger partial charge in [0.25, 0.3) is 5.56 Å². The summed E-state index contributed by atoms with van der Waals surface area (Å²) < 4.78 is 1.02. The van der Waals surface area contributed by atoms with E-state index in [2.05, 4.69) is 15.6 Å². The predicted molar refractivity (Wildman–Crippen MR) is 78.4 cm³/mol. The summed E-state index contributed by atoms with van der Waals surface area (Å²) in [6.45, 7) is 1.35. The van der Waals surface area contributed by atoms with Gasteiger partial charge in [0.2, 0.25) is 5.91 Å². The molecule has 8 heteroatoms. The van der Waals surface area contributed by atoms with Crippen LogP contribution >= 0.6 is 0 Å². The minimum Gasteiger partial charge on any atom is -0.480 e. The number of rotatable bonds is 6. The molecule has 0 saturated heterocycles. The highest BCUT2D eigenvalue weighted by atomic mass is 16.4. The number of aliphatic carboxylic acids is 1. The Kier molecular flexibility index (Phi) is 4.82. The maximum atomic E-state index is 12.5. The summed E-state index contributed by atoms with van der Waals surface area (Å²) in [4.78, 5) is 35.1. The standard InChI is InChI=1S/C14H16N4O4/c1-2-5-11(13(21)15-8-12(19)20)18-14(22)9-6-3-4-7-10(9)16-17-18/h3-4,6-7,11H,2,5,8H2,1H3,(H,15,21)(H,19,20). The summed E-state index contributed by atoms with van der Waals surface area (Å²) in [5.41, 5.74) is 0.0273. The number of benzene rings is 1. The number of hydrogen-bond donors (Lipinski definition) is 2. The lowest BCUT2D eigenvalue weighted by molar-refractivity contribution is -0.138. The molecule has 0 aliphatic carbocycles. The van der Waals surface area contributed by atoms with E-state index in [0.717, 1.165) is 4.68 Å². The van der Waals surface area contributed by atoms with Gasteiger partial charge in [0.15, 0.2) is 0 Å². The van der Waals surface area contributed by atoms with Crippen LogP contribution in [0.3, 0.4) is 0 Å². The van der Waals surface area contributed by atoms with Crippen molar-refractivity contribution in [3.05, 3.63) is 34.6 Å². The molecule has 2 N–H and O–H groups in total. The van der Waals surface area contributed by atoms with E-state index in [9.17, 15) is 14.4 Å². The lowest BCUT2D eigenvalue weighted by Crippen LogP contribution is -2.40. The first-order chi connectivity index (χ1) is 10.5. The van der Waals surface area contributed by atoms with Gasteiger partial charge in [0.1, 0.15) is 18.1 Å². The number of fused-ring (bicyclic) bond motifs is 1. The summed E-state index contributed by atoms with van der Waals surface area (Å²) in [6.07, 6.45) is 0.991. The Balaban J connectivity index is 2.40. The second-order valence-corrected chi connectivity index (χ2v) is 4.77. The van der Waals surface area contributed by atoms with Crippen LogP contribution < -0.4 is 10.9 Å². The topological polar surface area (TPSA) is 114 Å². The third kappa shape index (κ3) is 3.27. The summed E-state index contributed by atoms with van der Waals surface area (Å²) in [7, 11) is 0. The molecule has 116 valence electrons. The van der Waals surface area contributed by atoms with Crippen LogP contribution in [0, 0.1) is 0 Å². The molecule has 0 radical (unpaired) electrons. The second kappa shape index (κ2) is 6.79. The van der Waals surface area contributed by atoms with Crippen LogP contribution in [-0.4, -0.2) is 38.5 Å². The van der Waals surface area contributed by atoms with Crippen molar-refractivity contribution in [1.82, 2.24) is 20.3 Å². The molecule has 1 unspecified atom stereocenters. The summed E-state index contributed by atoms with van der Waals surface area (Å²) in [5, 5.41) is 19.0. The first-order valence-corrected chi connectivity index (χ1v) is 6.88. The van der Waals surface area contributed by atoms with Gasteiger partial charge in [-0.05, 0) is 18.6 Å². The molecule has 1 heterocycles. The molecule has 2 rings (SSSR count). The van der Waals surface area contributed by atoms with Crippen LogP contribution in [0.4, 0.5) is 0 Å². The fourth-order valence-corrected chi connectivity index (χ4v) is 2.12. The maximum absolute atomic E-state index is 12.5. The van der Waals surface area contributed by atoms with E-state index >= 15 is 0 Å². The molecule has 0 spiro atoms. The Morgan fingerprint density at radius 3 is 2.77 bits per heavy atom. The third-order valence-electron chi connectivity index (χ3n) is 3.17. The molecule has 22 heavy (non-hydrogen) atoms. The number of carboxylic acid groups (broad SMARTS) is 1. The average Bonchev–Trinajstić information content (AvgIpc) is 2.51. The first kappa shape index (κ1) is 15.6. The average molecular weight is 304 g/mol. The van der Waals surface area contributed by atoms with E-state index in [-0.39, 0.29) is 0 Å². The number of amides is 1. The Morgan fingerprint density at radius 2 is 2.09 bits per heavy atom. The Bertz CT molecular complexity index is 756. The van der Waals surface area contributed by atoms with Crippen LogP contribution in [0.15, 0.2) is 29.1 Å². The number of carboxylic acids is 1. The van der Waals surface area contributed by atoms with Gasteiger partial charge < -0.3 is 10.4 Å². The number of carbonyl (C=O) groups is 2. The van der Waals surface area contributed by atoms with Crippen molar-refractivity contribution < 1.29 is 14.7 Å². The van der Waals surface area contributed by atoms with Crippen molar-refractivity contribution in [2.75, 3.05) is 6.54 Å². The largest absolute Gasteiger partial charge is 0.480 e. The molecule has 8 nitrogen and oxygen atoms in total. The Morgan fingerprint density at radius 1 is 1.36 bits per heavy atom. The van der Waals surface area contributed by atoms with Crippen LogP contribution in [0.5, 0.6) is 0 Å². The SMILES string of the molecule is CCCC(C(=O)NCC(=O)O)n1nnc2ccccc2c1=O. The molecule has 0 aliphatic rings. The zero-order chi connectivity index (χ0) is 16.1. The van der Waals surface area contributed by atoms with E-state index < -0.39 is 30.0 Å². The highest BCUT2D eigenvalue weighted by Crippen LogP contribution is 2.12. The molecule has 1 amide bonds. The molecular weight excluding hydrogens is 288 g/mol. The number of nitrogens with zero attached hydrogens (tertiary/aromatic N) is 3. The third-order valence-corrected chi connectivity index (χ3v) is 3.17. The molecule has 0 saturated carbocycles. The van der Waals surface area contributed by atoms with Crippen LogP contribution in [0.25, 0.3) is 10.9 Å². The van der Waals surface area contributed by atoms with E-state index in [1.54, 1.807) is 24.3 Å². The zero-order valence-electron chi connectivity index (χ0n) is 12.0. The van der Waals surface area contributed by atoms with E-state index in [1.807, 2.05) is 6.92 Å². The maximum Gasteiger partial charge on any atom is 0.322 e. The summed E-state index contributed by atoms with van der Waals surface area (Å²) >= 11 is 0. The summed E-state index contributed by atoms with van der Waals surface area (Å²) in [6, 6.07) is 5.84. The molecule has 0 bridgehead atoms. The lowest BCUT2D eigenvalue weighted by Gasteiger charge is -2.16. The van der Waals surface area contributed by atoms with Crippen molar-refractivity contribution >= 4 is 22.8 Å².